The Balaban J connectivity index is 1.99. The normalized spacial score (nSPS) is 10.3. The number of rotatable bonds is 9. The molecule has 150 valence electrons. The molecule has 0 radical (unpaired) electrons. The molecule has 0 heterocycles. The first kappa shape index (κ1) is 21.2. The van der Waals surface area contributed by atoms with Gasteiger partial charge in [0, 0.05) is 33.3 Å². The monoisotopic (exact) mass is 386 g/mol. The van der Waals surface area contributed by atoms with Crippen LogP contribution in [0.4, 0.5) is 0 Å². The van der Waals surface area contributed by atoms with Gasteiger partial charge in [-0.25, -0.2) is 0 Å². The number of likely N-dealkylation sites (N-methyl/N-ethyl adjacent to an activating group) is 1. The second kappa shape index (κ2) is 10.3. The van der Waals surface area contributed by atoms with E-state index < -0.39 is 0 Å². The molecule has 0 saturated heterocycles. The fraction of sp³-hybridized carbons (Fsp3) is 0.333. The first-order chi connectivity index (χ1) is 13.4. The van der Waals surface area contributed by atoms with Crippen LogP contribution in [0.15, 0.2) is 42.5 Å². The van der Waals surface area contributed by atoms with Gasteiger partial charge >= 0.3 is 0 Å². The third-order valence-corrected chi connectivity index (χ3v) is 4.03. The van der Waals surface area contributed by atoms with E-state index >= 15 is 0 Å². The summed E-state index contributed by atoms with van der Waals surface area (Å²) in [5, 5.41) is 2.88. The van der Waals surface area contributed by atoms with Crippen LogP contribution >= 0.6 is 0 Å². The molecule has 0 unspecified atom stereocenters. The Bertz CT molecular complexity index is 820. The minimum Gasteiger partial charge on any atom is -0.493 e. The molecule has 0 aliphatic rings. The molecule has 7 heteroatoms. The molecule has 0 fully saturated rings. The molecule has 2 amide bonds. The summed E-state index contributed by atoms with van der Waals surface area (Å²) in [5.74, 6) is 0.656. The lowest BCUT2D eigenvalue weighted by molar-refractivity contribution is -0.130. The molecule has 0 saturated carbocycles. The summed E-state index contributed by atoms with van der Waals surface area (Å²) < 4.78 is 16.0. The smallest absolute Gasteiger partial charge is 0.259 e. The zero-order chi connectivity index (χ0) is 20.5. The number of carbonyl (C=O) groups excluding carboxylic acids is 2. The molecular weight excluding hydrogens is 360 g/mol. The zero-order valence-electron chi connectivity index (χ0n) is 16.7. The molecule has 28 heavy (non-hydrogen) atoms. The summed E-state index contributed by atoms with van der Waals surface area (Å²) in [6.45, 7) is 0.716. The fourth-order valence-electron chi connectivity index (χ4n) is 2.46. The van der Waals surface area contributed by atoms with Crippen molar-refractivity contribution in [1.82, 2.24) is 10.2 Å². The highest BCUT2D eigenvalue weighted by Crippen LogP contribution is 2.28. The van der Waals surface area contributed by atoms with Gasteiger partial charge in [0.25, 0.3) is 11.8 Å². The lowest BCUT2D eigenvalue weighted by Gasteiger charge is -2.14. The first-order valence-corrected chi connectivity index (χ1v) is 8.80. The molecule has 0 bridgehead atoms. The predicted molar refractivity (Wildman–Crippen MR) is 106 cm³/mol. The largest absolute Gasteiger partial charge is 0.493 e. The second-order valence-corrected chi connectivity index (χ2v) is 6.38. The van der Waals surface area contributed by atoms with Crippen molar-refractivity contribution in [3.8, 4) is 11.5 Å². The zero-order valence-corrected chi connectivity index (χ0v) is 16.7. The maximum absolute atomic E-state index is 12.4. The van der Waals surface area contributed by atoms with Crippen molar-refractivity contribution in [2.75, 3.05) is 34.9 Å². The molecule has 0 aliphatic carbocycles. The molecule has 2 rings (SSSR count). The Morgan fingerprint density at radius 2 is 1.79 bits per heavy atom. The van der Waals surface area contributed by atoms with Crippen molar-refractivity contribution in [3.05, 3.63) is 59.2 Å². The quantitative estimate of drug-likeness (QED) is 0.715. The van der Waals surface area contributed by atoms with Crippen LogP contribution in [-0.4, -0.2) is 51.6 Å². The molecule has 0 aromatic heterocycles. The number of nitrogens with zero attached hydrogens (tertiary/aromatic N) is 1. The maximum atomic E-state index is 12.4. The van der Waals surface area contributed by atoms with Gasteiger partial charge in [-0.05, 0) is 35.4 Å². The number of carbonyl (C=O) groups is 2. The molecule has 2 aromatic carbocycles. The highest BCUT2D eigenvalue weighted by Gasteiger charge is 2.11. The van der Waals surface area contributed by atoms with Gasteiger partial charge in [-0.2, -0.15) is 0 Å². The van der Waals surface area contributed by atoms with Crippen LogP contribution in [0.25, 0.3) is 0 Å². The van der Waals surface area contributed by atoms with E-state index in [2.05, 4.69) is 5.32 Å². The molecule has 7 nitrogen and oxygen atoms in total. The summed E-state index contributed by atoms with van der Waals surface area (Å²) in [4.78, 5) is 25.5. The number of hydrogen-bond donors (Lipinski definition) is 1. The Morgan fingerprint density at radius 1 is 1.00 bits per heavy atom. The van der Waals surface area contributed by atoms with Gasteiger partial charge in [-0.1, -0.05) is 18.2 Å². The van der Waals surface area contributed by atoms with Crippen molar-refractivity contribution in [1.29, 1.82) is 0 Å². The average molecular weight is 386 g/mol. The Kier molecular flexibility index (Phi) is 7.83. The van der Waals surface area contributed by atoms with E-state index in [0.29, 0.717) is 30.2 Å². The summed E-state index contributed by atoms with van der Waals surface area (Å²) in [6.07, 6.45) is 0. The SMILES string of the molecule is COCc1cccc(C(=O)NCc2ccc(OCC(=O)N(C)C)c(OC)c2)c1. The summed E-state index contributed by atoms with van der Waals surface area (Å²) in [7, 11) is 6.48. The lowest BCUT2D eigenvalue weighted by Crippen LogP contribution is -2.27. The number of amides is 2. The Hall–Kier alpha value is -3.06. The van der Waals surface area contributed by atoms with E-state index in [1.54, 1.807) is 45.5 Å². The minimum atomic E-state index is -0.172. The van der Waals surface area contributed by atoms with Gasteiger partial charge in [0.2, 0.25) is 0 Å². The van der Waals surface area contributed by atoms with E-state index in [-0.39, 0.29) is 18.4 Å². The molecular formula is C21H26N2O5. The van der Waals surface area contributed by atoms with E-state index in [9.17, 15) is 9.59 Å². The molecule has 0 atom stereocenters. The highest BCUT2D eigenvalue weighted by molar-refractivity contribution is 5.94. The molecule has 1 N–H and O–H groups in total. The summed E-state index contributed by atoms with van der Waals surface area (Å²) >= 11 is 0. The number of ether oxygens (including phenoxy) is 3. The van der Waals surface area contributed by atoms with Crippen molar-refractivity contribution < 1.29 is 23.8 Å². The number of benzene rings is 2. The van der Waals surface area contributed by atoms with Gasteiger partial charge in [-0.3, -0.25) is 9.59 Å². The maximum Gasteiger partial charge on any atom is 0.259 e. The van der Waals surface area contributed by atoms with Crippen LogP contribution in [0, 0.1) is 0 Å². The summed E-state index contributed by atoms with van der Waals surface area (Å²) in [5.41, 5.74) is 2.36. The van der Waals surface area contributed by atoms with Crippen LogP contribution in [-0.2, 0) is 22.7 Å². The molecule has 2 aromatic rings. The topological polar surface area (TPSA) is 77.1 Å². The van der Waals surface area contributed by atoms with Crippen LogP contribution in [0.2, 0.25) is 0 Å². The van der Waals surface area contributed by atoms with Gasteiger partial charge in [0.15, 0.2) is 18.1 Å². The van der Waals surface area contributed by atoms with E-state index in [4.69, 9.17) is 14.2 Å². The van der Waals surface area contributed by atoms with E-state index in [0.717, 1.165) is 11.1 Å². The average Bonchev–Trinajstić information content (AvgIpc) is 2.70. The highest BCUT2D eigenvalue weighted by atomic mass is 16.5. The molecule has 0 spiro atoms. The van der Waals surface area contributed by atoms with Crippen molar-refractivity contribution in [3.63, 3.8) is 0 Å². The van der Waals surface area contributed by atoms with Gasteiger partial charge < -0.3 is 24.4 Å². The lowest BCUT2D eigenvalue weighted by atomic mass is 10.1. The Labute approximate surface area is 165 Å². The fourth-order valence-corrected chi connectivity index (χ4v) is 2.46. The van der Waals surface area contributed by atoms with Gasteiger partial charge in [0.1, 0.15) is 0 Å². The van der Waals surface area contributed by atoms with Gasteiger partial charge in [-0.15, -0.1) is 0 Å². The van der Waals surface area contributed by atoms with Crippen LogP contribution in [0.1, 0.15) is 21.5 Å². The van der Waals surface area contributed by atoms with Crippen molar-refractivity contribution in [2.24, 2.45) is 0 Å². The van der Waals surface area contributed by atoms with Crippen LogP contribution in [0.5, 0.6) is 11.5 Å². The standard InChI is InChI=1S/C21H26N2O5/c1-23(2)20(24)14-28-18-9-8-15(11-19(18)27-4)12-22-21(25)17-7-5-6-16(10-17)13-26-3/h5-11H,12-14H2,1-4H3,(H,22,25). The third kappa shape index (κ3) is 5.99. The van der Waals surface area contributed by atoms with E-state index in [1.165, 1.54) is 12.0 Å². The molecule has 0 aliphatic heterocycles. The summed E-state index contributed by atoms with van der Waals surface area (Å²) in [6, 6.07) is 12.6. The number of methoxy groups -OCH3 is 2. The van der Waals surface area contributed by atoms with Crippen molar-refractivity contribution in [2.45, 2.75) is 13.2 Å². The number of nitrogens with one attached hydrogen (secondary N) is 1. The van der Waals surface area contributed by atoms with Crippen molar-refractivity contribution >= 4 is 11.8 Å². The van der Waals surface area contributed by atoms with E-state index in [1.807, 2.05) is 18.2 Å². The predicted octanol–water partition coefficient (Wildman–Crippen LogP) is 2.24. The minimum absolute atomic E-state index is 0.0722. The third-order valence-electron chi connectivity index (χ3n) is 4.03. The van der Waals surface area contributed by atoms with Crippen LogP contribution in [0.3, 0.4) is 0 Å². The Morgan fingerprint density at radius 3 is 2.46 bits per heavy atom. The first-order valence-electron chi connectivity index (χ1n) is 8.80. The van der Waals surface area contributed by atoms with Crippen LogP contribution < -0.4 is 14.8 Å². The number of hydrogen-bond acceptors (Lipinski definition) is 5. The second-order valence-electron chi connectivity index (χ2n) is 6.38. The van der Waals surface area contributed by atoms with Gasteiger partial charge in [0.05, 0.1) is 13.7 Å².